The number of fused-ring (bicyclic) bond motifs is 1. The Morgan fingerprint density at radius 1 is 1.28 bits per heavy atom. The Morgan fingerprint density at radius 2 is 2.10 bits per heavy atom. The first-order valence-corrected chi connectivity index (χ1v) is 9.94. The van der Waals surface area contributed by atoms with Crippen molar-refractivity contribution in [2.45, 2.75) is 33.4 Å². The van der Waals surface area contributed by atoms with Crippen molar-refractivity contribution in [3.05, 3.63) is 65.1 Å². The molecule has 6 nitrogen and oxygen atoms in total. The van der Waals surface area contributed by atoms with Gasteiger partial charge in [-0.1, -0.05) is 6.07 Å². The number of aliphatic hydroxyl groups is 1. The largest absolute Gasteiger partial charge is 0.396 e. The first-order valence-electron chi connectivity index (χ1n) is 9.94. The molecule has 0 aliphatic heterocycles. The maximum atomic E-state index is 13.3. The molecule has 2 aromatic heterocycles. The van der Waals surface area contributed by atoms with Crippen LogP contribution in [0.4, 0.5) is 0 Å². The number of pyridine rings is 1. The topological polar surface area (TPSA) is 67.6 Å². The summed E-state index contributed by atoms with van der Waals surface area (Å²) in [6, 6.07) is 9.72. The van der Waals surface area contributed by atoms with Crippen molar-refractivity contribution in [1.29, 1.82) is 0 Å². The van der Waals surface area contributed by atoms with Gasteiger partial charge in [0.1, 0.15) is 0 Å². The number of rotatable bonds is 9. The number of methoxy groups -OCH3 is 1. The molecular formula is C23H29N3O3. The highest BCUT2D eigenvalue weighted by molar-refractivity contribution is 5.99. The van der Waals surface area contributed by atoms with Crippen LogP contribution in [-0.4, -0.2) is 52.3 Å². The van der Waals surface area contributed by atoms with E-state index in [9.17, 15) is 9.90 Å². The van der Waals surface area contributed by atoms with Gasteiger partial charge >= 0.3 is 0 Å². The predicted octanol–water partition coefficient (Wildman–Crippen LogP) is 3.32. The Balaban J connectivity index is 1.92. The van der Waals surface area contributed by atoms with Gasteiger partial charge in [0.25, 0.3) is 5.91 Å². The molecule has 0 radical (unpaired) electrons. The molecule has 1 amide bonds. The van der Waals surface area contributed by atoms with Crippen LogP contribution in [0, 0.1) is 13.8 Å². The lowest BCUT2D eigenvalue weighted by Crippen LogP contribution is -2.32. The second-order valence-corrected chi connectivity index (χ2v) is 7.25. The molecule has 0 saturated carbocycles. The average molecular weight is 396 g/mol. The fraction of sp³-hybridized carbons (Fsp3) is 0.391. The van der Waals surface area contributed by atoms with Gasteiger partial charge < -0.3 is 19.3 Å². The van der Waals surface area contributed by atoms with Gasteiger partial charge in [-0.2, -0.15) is 0 Å². The number of aliphatic hydroxyl groups excluding tert-OH is 1. The fourth-order valence-corrected chi connectivity index (χ4v) is 3.66. The second-order valence-electron chi connectivity index (χ2n) is 7.25. The predicted molar refractivity (Wildman–Crippen MR) is 114 cm³/mol. The van der Waals surface area contributed by atoms with Crippen molar-refractivity contribution in [3.63, 3.8) is 0 Å². The molecule has 1 N–H and O–H groups in total. The summed E-state index contributed by atoms with van der Waals surface area (Å²) in [4.78, 5) is 19.2. The molecule has 6 heteroatoms. The average Bonchev–Trinajstić information content (AvgIpc) is 2.99. The summed E-state index contributed by atoms with van der Waals surface area (Å²) in [5.41, 5.74) is 5.11. The van der Waals surface area contributed by atoms with E-state index in [4.69, 9.17) is 4.74 Å². The first kappa shape index (κ1) is 21.0. The molecule has 29 heavy (non-hydrogen) atoms. The van der Waals surface area contributed by atoms with Crippen LogP contribution in [0.1, 0.15) is 33.6 Å². The van der Waals surface area contributed by atoms with Crippen LogP contribution in [-0.2, 0) is 17.8 Å². The summed E-state index contributed by atoms with van der Waals surface area (Å²) in [5.74, 6) is -0.0362. The first-order chi connectivity index (χ1) is 14.1. The minimum absolute atomic E-state index is 0.0362. The van der Waals surface area contributed by atoms with Crippen molar-refractivity contribution in [2.75, 3.05) is 26.9 Å². The van der Waals surface area contributed by atoms with Crippen LogP contribution in [0.25, 0.3) is 10.9 Å². The third-order valence-electron chi connectivity index (χ3n) is 5.37. The van der Waals surface area contributed by atoms with Gasteiger partial charge in [0.2, 0.25) is 0 Å². The van der Waals surface area contributed by atoms with Gasteiger partial charge in [0.05, 0.1) is 6.61 Å². The molecule has 2 heterocycles. The molecule has 3 rings (SSSR count). The minimum atomic E-state index is -0.0362. The van der Waals surface area contributed by atoms with Gasteiger partial charge in [-0.3, -0.25) is 9.78 Å². The van der Waals surface area contributed by atoms with Crippen LogP contribution >= 0.6 is 0 Å². The SMILES string of the molecule is COCCn1c(C)c(C)c2cc(C(=O)N(CCCO)Cc3cccnc3)ccc21. The molecule has 0 unspecified atom stereocenters. The van der Waals surface area contributed by atoms with Crippen LogP contribution in [0.3, 0.4) is 0 Å². The van der Waals surface area contributed by atoms with E-state index in [1.54, 1.807) is 24.4 Å². The Hall–Kier alpha value is -2.70. The van der Waals surface area contributed by atoms with E-state index in [0.29, 0.717) is 31.7 Å². The highest BCUT2D eigenvalue weighted by Crippen LogP contribution is 2.27. The zero-order valence-corrected chi connectivity index (χ0v) is 17.4. The molecule has 0 bridgehead atoms. The zero-order chi connectivity index (χ0) is 20.8. The van der Waals surface area contributed by atoms with Crippen molar-refractivity contribution >= 4 is 16.8 Å². The van der Waals surface area contributed by atoms with E-state index in [-0.39, 0.29) is 12.5 Å². The Labute approximate surface area is 171 Å². The fourth-order valence-electron chi connectivity index (χ4n) is 3.66. The second kappa shape index (κ2) is 9.67. The molecule has 0 aliphatic rings. The molecule has 0 aliphatic carbocycles. The normalized spacial score (nSPS) is 11.2. The third kappa shape index (κ3) is 4.66. The summed E-state index contributed by atoms with van der Waals surface area (Å²) < 4.78 is 7.48. The van der Waals surface area contributed by atoms with Crippen molar-refractivity contribution < 1.29 is 14.6 Å². The van der Waals surface area contributed by atoms with Crippen LogP contribution in [0.2, 0.25) is 0 Å². The highest BCUT2D eigenvalue weighted by Gasteiger charge is 2.19. The summed E-state index contributed by atoms with van der Waals surface area (Å²) in [6.45, 7) is 6.63. The van der Waals surface area contributed by atoms with E-state index in [1.165, 1.54) is 11.3 Å². The number of aromatic nitrogens is 2. The number of benzene rings is 1. The molecule has 1 aromatic carbocycles. The highest BCUT2D eigenvalue weighted by atomic mass is 16.5. The number of carbonyl (C=O) groups is 1. The number of ether oxygens (including phenoxy) is 1. The Kier molecular flexibility index (Phi) is 7.01. The quantitative estimate of drug-likeness (QED) is 0.604. The standard InChI is InChI=1S/C23H29N3O3/c1-17-18(2)26(11-13-29-3)22-8-7-20(14-21(17)22)23(28)25(10-5-12-27)16-19-6-4-9-24-15-19/h4,6-9,14-15,27H,5,10-13,16H2,1-3H3. The van der Waals surface area contributed by atoms with E-state index < -0.39 is 0 Å². The number of amides is 1. The molecule has 3 aromatic rings. The minimum Gasteiger partial charge on any atom is -0.396 e. The van der Waals surface area contributed by atoms with Gasteiger partial charge in [0, 0.05) is 67.9 Å². The van der Waals surface area contributed by atoms with Crippen molar-refractivity contribution in [2.24, 2.45) is 0 Å². The molecule has 154 valence electrons. The monoisotopic (exact) mass is 395 g/mol. The number of hydrogen-bond acceptors (Lipinski definition) is 4. The van der Waals surface area contributed by atoms with Crippen molar-refractivity contribution in [3.8, 4) is 0 Å². The number of hydrogen-bond donors (Lipinski definition) is 1. The third-order valence-corrected chi connectivity index (χ3v) is 5.37. The molecule has 0 atom stereocenters. The summed E-state index contributed by atoms with van der Waals surface area (Å²) in [7, 11) is 1.70. The smallest absolute Gasteiger partial charge is 0.254 e. The lowest BCUT2D eigenvalue weighted by Gasteiger charge is -2.22. The summed E-state index contributed by atoms with van der Waals surface area (Å²) in [6.07, 6.45) is 4.03. The lowest BCUT2D eigenvalue weighted by molar-refractivity contribution is 0.0732. The number of aryl methyl sites for hydroxylation is 1. The number of carbonyl (C=O) groups excluding carboxylic acids is 1. The van der Waals surface area contributed by atoms with Gasteiger partial charge in [-0.25, -0.2) is 0 Å². The van der Waals surface area contributed by atoms with E-state index in [2.05, 4.69) is 23.4 Å². The van der Waals surface area contributed by atoms with Crippen LogP contribution in [0.15, 0.2) is 42.7 Å². The zero-order valence-electron chi connectivity index (χ0n) is 17.4. The molecule has 0 saturated heterocycles. The van der Waals surface area contributed by atoms with E-state index in [1.807, 2.05) is 30.3 Å². The van der Waals surface area contributed by atoms with Gasteiger partial charge in [-0.15, -0.1) is 0 Å². The Bertz CT molecular complexity index is 966. The van der Waals surface area contributed by atoms with Crippen LogP contribution in [0.5, 0.6) is 0 Å². The number of nitrogens with zero attached hydrogens (tertiary/aromatic N) is 3. The molecule has 0 fully saturated rings. The summed E-state index contributed by atoms with van der Waals surface area (Å²) >= 11 is 0. The maximum absolute atomic E-state index is 13.3. The van der Waals surface area contributed by atoms with E-state index in [0.717, 1.165) is 23.0 Å². The van der Waals surface area contributed by atoms with Gasteiger partial charge in [-0.05, 0) is 55.7 Å². The van der Waals surface area contributed by atoms with Crippen LogP contribution < -0.4 is 0 Å². The molecule has 0 spiro atoms. The molecular weight excluding hydrogens is 366 g/mol. The maximum Gasteiger partial charge on any atom is 0.254 e. The van der Waals surface area contributed by atoms with E-state index >= 15 is 0 Å². The van der Waals surface area contributed by atoms with Crippen molar-refractivity contribution in [1.82, 2.24) is 14.5 Å². The Morgan fingerprint density at radius 3 is 2.79 bits per heavy atom. The summed E-state index contributed by atoms with van der Waals surface area (Å²) in [5, 5.41) is 10.3. The van der Waals surface area contributed by atoms with Gasteiger partial charge in [0.15, 0.2) is 0 Å². The lowest BCUT2D eigenvalue weighted by atomic mass is 10.1.